The molecule has 29 heavy (non-hydrogen) atoms. The molecule has 5 heteroatoms. The number of carbonyl (C=O) groups is 1. The summed E-state index contributed by atoms with van der Waals surface area (Å²) in [6, 6.07) is 13.9. The lowest BCUT2D eigenvalue weighted by Gasteiger charge is -2.42. The minimum Gasteiger partial charge on any atom is -0.449 e. The highest BCUT2D eigenvalue weighted by Gasteiger charge is 2.42. The molecule has 1 saturated heterocycles. The topological polar surface area (TPSA) is 49.8 Å². The molecular weight excluding hydrogens is 369 g/mol. The van der Waals surface area contributed by atoms with Crippen LogP contribution in [0.5, 0.6) is 0 Å². The molecule has 0 aromatic heterocycles. The molecule has 1 aliphatic heterocycles. The highest BCUT2D eigenvalue weighted by atomic mass is 19.1. The number of carbonyl (C=O) groups excluding carboxylic acids is 1. The SMILES string of the molecule is CCCCOC(=O)N1CCC([C@](O)(c2ccc(C)cc2)c2ccc(F)cc2)CC1. The molecular formula is C24H30FNO3. The van der Waals surface area contributed by atoms with Crippen molar-refractivity contribution >= 4 is 6.09 Å². The molecule has 1 N–H and O–H groups in total. The molecule has 0 unspecified atom stereocenters. The lowest BCUT2D eigenvalue weighted by atomic mass is 9.72. The monoisotopic (exact) mass is 399 g/mol. The molecule has 0 bridgehead atoms. The van der Waals surface area contributed by atoms with E-state index in [1.54, 1.807) is 17.0 Å². The van der Waals surface area contributed by atoms with Crippen molar-refractivity contribution in [2.24, 2.45) is 5.92 Å². The normalized spacial score (nSPS) is 17.0. The number of nitrogens with zero attached hydrogens (tertiary/aromatic N) is 1. The van der Waals surface area contributed by atoms with Crippen LogP contribution in [0.4, 0.5) is 9.18 Å². The molecule has 0 saturated carbocycles. The van der Waals surface area contributed by atoms with E-state index in [-0.39, 0.29) is 17.8 Å². The first-order chi connectivity index (χ1) is 13.9. The van der Waals surface area contributed by atoms with E-state index in [2.05, 4.69) is 6.92 Å². The van der Waals surface area contributed by atoms with Crippen LogP contribution in [-0.2, 0) is 10.3 Å². The largest absolute Gasteiger partial charge is 0.449 e. The summed E-state index contributed by atoms with van der Waals surface area (Å²) in [5, 5.41) is 11.9. The maximum Gasteiger partial charge on any atom is 0.409 e. The molecule has 1 atom stereocenters. The fraction of sp³-hybridized carbons (Fsp3) is 0.458. The fourth-order valence-electron chi connectivity index (χ4n) is 4.02. The highest BCUT2D eigenvalue weighted by molar-refractivity contribution is 5.67. The Morgan fingerprint density at radius 1 is 1.10 bits per heavy atom. The van der Waals surface area contributed by atoms with Gasteiger partial charge in [-0.05, 0) is 55.4 Å². The average Bonchev–Trinajstić information content (AvgIpc) is 2.74. The van der Waals surface area contributed by atoms with E-state index in [0.29, 0.717) is 38.1 Å². The Morgan fingerprint density at radius 2 is 1.66 bits per heavy atom. The van der Waals surface area contributed by atoms with E-state index in [9.17, 15) is 14.3 Å². The van der Waals surface area contributed by atoms with Gasteiger partial charge in [0.05, 0.1) is 6.61 Å². The van der Waals surface area contributed by atoms with Crippen LogP contribution in [0.2, 0.25) is 0 Å². The third-order valence-corrected chi connectivity index (χ3v) is 5.84. The summed E-state index contributed by atoms with van der Waals surface area (Å²) in [5.74, 6) is -0.417. The number of halogens is 1. The predicted molar refractivity (Wildman–Crippen MR) is 111 cm³/mol. The van der Waals surface area contributed by atoms with Gasteiger partial charge >= 0.3 is 6.09 Å². The van der Waals surface area contributed by atoms with Gasteiger partial charge in [0, 0.05) is 13.1 Å². The number of unbranched alkanes of at least 4 members (excludes halogenated alkanes) is 1. The molecule has 2 aromatic carbocycles. The van der Waals surface area contributed by atoms with Crippen molar-refractivity contribution in [3.8, 4) is 0 Å². The number of amides is 1. The van der Waals surface area contributed by atoms with E-state index >= 15 is 0 Å². The van der Waals surface area contributed by atoms with Crippen LogP contribution in [-0.4, -0.2) is 35.8 Å². The van der Waals surface area contributed by atoms with Crippen molar-refractivity contribution in [3.63, 3.8) is 0 Å². The first-order valence-electron chi connectivity index (χ1n) is 10.4. The zero-order valence-electron chi connectivity index (χ0n) is 17.2. The van der Waals surface area contributed by atoms with Gasteiger partial charge in [-0.2, -0.15) is 0 Å². The molecule has 2 aromatic rings. The minimum atomic E-state index is -1.24. The zero-order valence-corrected chi connectivity index (χ0v) is 17.2. The van der Waals surface area contributed by atoms with Crippen molar-refractivity contribution in [1.82, 2.24) is 4.90 Å². The predicted octanol–water partition coefficient (Wildman–Crippen LogP) is 5.02. The van der Waals surface area contributed by atoms with Crippen molar-refractivity contribution in [2.45, 2.75) is 45.1 Å². The summed E-state index contributed by atoms with van der Waals surface area (Å²) in [6.45, 7) is 5.57. The van der Waals surface area contributed by atoms with Crippen molar-refractivity contribution in [1.29, 1.82) is 0 Å². The molecule has 0 spiro atoms. The van der Waals surface area contributed by atoms with Gasteiger partial charge in [0.2, 0.25) is 0 Å². The minimum absolute atomic E-state index is 0.0876. The number of piperidine rings is 1. The molecule has 156 valence electrons. The summed E-state index contributed by atoms with van der Waals surface area (Å²) in [5.41, 5.74) is 1.34. The maximum absolute atomic E-state index is 13.5. The van der Waals surface area contributed by atoms with Crippen LogP contribution in [0.1, 0.15) is 49.3 Å². The van der Waals surface area contributed by atoms with Crippen molar-refractivity contribution < 1.29 is 19.0 Å². The standard InChI is InChI=1S/C24H30FNO3/c1-3-4-17-29-23(27)26-15-13-21(14-16-26)24(28,19-7-5-18(2)6-8-19)20-9-11-22(25)12-10-20/h5-12,21,28H,3-4,13-17H2,1-2H3/t24-/m0/s1. The Labute approximate surface area is 172 Å². The van der Waals surface area contributed by atoms with Crippen LogP contribution in [0.25, 0.3) is 0 Å². The molecule has 1 amide bonds. The van der Waals surface area contributed by atoms with Gasteiger partial charge in [-0.15, -0.1) is 0 Å². The number of benzene rings is 2. The first-order valence-corrected chi connectivity index (χ1v) is 10.4. The second kappa shape index (κ2) is 9.40. The summed E-state index contributed by atoms with van der Waals surface area (Å²) < 4.78 is 18.8. The Morgan fingerprint density at radius 3 is 2.21 bits per heavy atom. The van der Waals surface area contributed by atoms with E-state index in [4.69, 9.17) is 4.74 Å². The lowest BCUT2D eigenvalue weighted by molar-refractivity contribution is -0.0145. The fourth-order valence-corrected chi connectivity index (χ4v) is 4.02. The first kappa shape index (κ1) is 21.3. The van der Waals surface area contributed by atoms with E-state index < -0.39 is 5.60 Å². The van der Waals surface area contributed by atoms with Crippen LogP contribution in [0.3, 0.4) is 0 Å². The van der Waals surface area contributed by atoms with E-state index in [0.717, 1.165) is 24.0 Å². The van der Waals surface area contributed by atoms with Gasteiger partial charge in [0.15, 0.2) is 0 Å². The third kappa shape index (κ3) is 4.78. The van der Waals surface area contributed by atoms with Gasteiger partial charge in [-0.25, -0.2) is 9.18 Å². The van der Waals surface area contributed by atoms with Crippen LogP contribution >= 0.6 is 0 Å². The smallest absolute Gasteiger partial charge is 0.409 e. The van der Waals surface area contributed by atoms with Crippen molar-refractivity contribution in [2.75, 3.05) is 19.7 Å². The number of aryl methyl sites for hydroxylation is 1. The van der Waals surface area contributed by atoms with Crippen LogP contribution in [0, 0.1) is 18.7 Å². The highest BCUT2D eigenvalue weighted by Crippen LogP contribution is 2.42. The molecule has 3 rings (SSSR count). The van der Waals surface area contributed by atoms with Gasteiger partial charge < -0.3 is 14.7 Å². The molecule has 4 nitrogen and oxygen atoms in total. The molecule has 0 radical (unpaired) electrons. The molecule has 1 aliphatic rings. The van der Waals surface area contributed by atoms with E-state index in [1.165, 1.54) is 12.1 Å². The number of hydrogen-bond donors (Lipinski definition) is 1. The number of aliphatic hydroxyl groups is 1. The van der Waals surface area contributed by atoms with Gasteiger partial charge in [0.1, 0.15) is 11.4 Å². The second-order valence-electron chi connectivity index (χ2n) is 7.87. The Balaban J connectivity index is 1.80. The average molecular weight is 400 g/mol. The summed E-state index contributed by atoms with van der Waals surface area (Å²) in [7, 11) is 0. The van der Waals surface area contributed by atoms with Gasteiger partial charge in [-0.1, -0.05) is 55.3 Å². The van der Waals surface area contributed by atoms with Crippen molar-refractivity contribution in [3.05, 3.63) is 71.0 Å². The second-order valence-corrected chi connectivity index (χ2v) is 7.87. The number of likely N-dealkylation sites (tertiary alicyclic amines) is 1. The van der Waals surface area contributed by atoms with Crippen LogP contribution < -0.4 is 0 Å². The molecule has 1 fully saturated rings. The Kier molecular flexibility index (Phi) is 6.91. The van der Waals surface area contributed by atoms with Gasteiger partial charge in [0.25, 0.3) is 0 Å². The number of ether oxygens (including phenoxy) is 1. The summed E-state index contributed by atoms with van der Waals surface area (Å²) in [4.78, 5) is 14.0. The Hall–Kier alpha value is -2.40. The third-order valence-electron chi connectivity index (χ3n) is 5.84. The summed E-state index contributed by atoms with van der Waals surface area (Å²) in [6.07, 6.45) is 2.85. The summed E-state index contributed by atoms with van der Waals surface area (Å²) >= 11 is 0. The van der Waals surface area contributed by atoms with Crippen LogP contribution in [0.15, 0.2) is 48.5 Å². The zero-order chi connectivity index (χ0) is 20.9. The number of hydrogen-bond acceptors (Lipinski definition) is 3. The number of rotatable bonds is 6. The quantitative estimate of drug-likeness (QED) is 0.694. The molecule has 1 heterocycles. The maximum atomic E-state index is 13.5. The van der Waals surface area contributed by atoms with E-state index in [1.807, 2.05) is 31.2 Å². The molecule has 0 aliphatic carbocycles. The Bertz CT molecular complexity index is 750. The lowest BCUT2D eigenvalue weighted by Crippen LogP contribution is -2.46. The van der Waals surface area contributed by atoms with Gasteiger partial charge in [-0.3, -0.25) is 0 Å².